The van der Waals surface area contributed by atoms with Crippen LogP contribution in [0.4, 0.5) is 4.39 Å². The highest BCUT2D eigenvalue weighted by Crippen LogP contribution is 2.28. The summed E-state index contributed by atoms with van der Waals surface area (Å²) in [7, 11) is 0. The number of rotatable bonds is 3. The van der Waals surface area contributed by atoms with Gasteiger partial charge in [-0.2, -0.15) is 4.98 Å². The Hall–Kier alpha value is -2.28. The Morgan fingerprint density at radius 1 is 1.35 bits per heavy atom. The van der Waals surface area contributed by atoms with Crippen LogP contribution in [-0.4, -0.2) is 20.2 Å². The van der Waals surface area contributed by atoms with E-state index in [1.807, 2.05) is 12.3 Å². The van der Waals surface area contributed by atoms with Crippen molar-refractivity contribution in [1.82, 2.24) is 15.1 Å². The molecule has 7 heteroatoms. The molecule has 0 bridgehead atoms. The smallest absolute Gasteiger partial charge is 0.261 e. The maximum Gasteiger partial charge on any atom is 0.261 e. The number of aromatic nitrogens is 3. The summed E-state index contributed by atoms with van der Waals surface area (Å²) < 4.78 is 18.2. The Labute approximate surface area is 117 Å². The summed E-state index contributed by atoms with van der Waals surface area (Å²) in [6.07, 6.45) is 0.434. The number of aromatic hydroxyl groups is 1. The molecule has 102 valence electrons. The molecule has 0 spiro atoms. The van der Waals surface area contributed by atoms with Crippen molar-refractivity contribution in [1.29, 1.82) is 0 Å². The van der Waals surface area contributed by atoms with Gasteiger partial charge < -0.3 is 9.63 Å². The minimum Gasteiger partial charge on any atom is -0.507 e. The SMILES string of the molecule is Cc1nc(Cc2noc(-c3cc(F)ccc3O)n2)cs1. The summed E-state index contributed by atoms with van der Waals surface area (Å²) in [5.41, 5.74) is 1.03. The van der Waals surface area contributed by atoms with Crippen LogP contribution in [0.1, 0.15) is 16.5 Å². The van der Waals surface area contributed by atoms with Gasteiger partial charge in [0.1, 0.15) is 11.6 Å². The van der Waals surface area contributed by atoms with Gasteiger partial charge in [0.15, 0.2) is 5.82 Å². The number of thiazole rings is 1. The third kappa shape index (κ3) is 2.53. The van der Waals surface area contributed by atoms with Gasteiger partial charge in [-0.25, -0.2) is 9.37 Å². The first-order chi connectivity index (χ1) is 9.61. The number of aryl methyl sites for hydroxylation is 1. The van der Waals surface area contributed by atoms with E-state index in [1.165, 1.54) is 6.07 Å². The Morgan fingerprint density at radius 2 is 2.20 bits per heavy atom. The first-order valence-corrected chi connectivity index (χ1v) is 6.72. The summed E-state index contributed by atoms with van der Waals surface area (Å²) >= 11 is 1.54. The topological polar surface area (TPSA) is 72.0 Å². The molecule has 0 aliphatic rings. The lowest BCUT2D eigenvalue weighted by Crippen LogP contribution is -1.91. The molecule has 0 aliphatic carbocycles. The molecule has 0 radical (unpaired) electrons. The largest absolute Gasteiger partial charge is 0.507 e. The highest BCUT2D eigenvalue weighted by Gasteiger charge is 2.14. The number of hydrogen-bond donors (Lipinski definition) is 1. The first kappa shape index (κ1) is 12.7. The number of benzene rings is 1. The average Bonchev–Trinajstić information content (AvgIpc) is 3.02. The van der Waals surface area contributed by atoms with E-state index in [0.29, 0.717) is 12.2 Å². The highest BCUT2D eigenvalue weighted by atomic mass is 32.1. The van der Waals surface area contributed by atoms with E-state index in [9.17, 15) is 9.50 Å². The second-order valence-corrected chi connectivity index (χ2v) is 5.27. The lowest BCUT2D eigenvalue weighted by Gasteiger charge is -1.98. The second kappa shape index (κ2) is 5.01. The van der Waals surface area contributed by atoms with E-state index >= 15 is 0 Å². The predicted octanol–water partition coefficient (Wildman–Crippen LogP) is 2.94. The molecule has 3 aromatic rings. The molecule has 3 rings (SSSR count). The van der Waals surface area contributed by atoms with Gasteiger partial charge in [-0.3, -0.25) is 0 Å². The molecule has 1 N–H and O–H groups in total. The average molecular weight is 291 g/mol. The molecule has 0 amide bonds. The Morgan fingerprint density at radius 3 is 2.95 bits per heavy atom. The molecule has 0 saturated heterocycles. The maximum atomic E-state index is 13.2. The molecule has 0 fully saturated rings. The molecule has 2 aromatic heterocycles. The molecule has 20 heavy (non-hydrogen) atoms. The summed E-state index contributed by atoms with van der Waals surface area (Å²) in [4.78, 5) is 8.45. The van der Waals surface area contributed by atoms with Gasteiger partial charge in [0.05, 0.1) is 22.7 Å². The van der Waals surface area contributed by atoms with E-state index < -0.39 is 5.82 Å². The number of hydrogen-bond acceptors (Lipinski definition) is 6. The molecular formula is C13H10FN3O2S. The summed E-state index contributed by atoms with van der Waals surface area (Å²) in [5, 5.41) is 16.4. The molecule has 0 unspecified atom stereocenters. The van der Waals surface area contributed by atoms with Crippen LogP contribution in [0.5, 0.6) is 5.75 Å². The lowest BCUT2D eigenvalue weighted by molar-refractivity contribution is 0.418. The predicted molar refractivity (Wildman–Crippen MR) is 71.0 cm³/mol. The van der Waals surface area contributed by atoms with Gasteiger partial charge in [0, 0.05) is 5.38 Å². The van der Waals surface area contributed by atoms with Crippen LogP contribution in [0, 0.1) is 12.7 Å². The third-order valence-electron chi connectivity index (χ3n) is 2.66. The van der Waals surface area contributed by atoms with Gasteiger partial charge in [-0.05, 0) is 25.1 Å². The minimum atomic E-state index is -0.479. The van der Waals surface area contributed by atoms with Gasteiger partial charge in [0.2, 0.25) is 0 Å². The Kier molecular flexibility index (Phi) is 3.19. The van der Waals surface area contributed by atoms with E-state index in [0.717, 1.165) is 22.8 Å². The molecule has 5 nitrogen and oxygen atoms in total. The molecule has 1 aromatic carbocycles. The zero-order valence-corrected chi connectivity index (χ0v) is 11.3. The molecule has 2 heterocycles. The van der Waals surface area contributed by atoms with Crippen molar-refractivity contribution in [3.05, 3.63) is 45.9 Å². The number of halogens is 1. The van der Waals surface area contributed by atoms with Crippen LogP contribution in [0.3, 0.4) is 0 Å². The molecule has 0 saturated carbocycles. The fourth-order valence-electron chi connectivity index (χ4n) is 1.77. The van der Waals surface area contributed by atoms with Crippen LogP contribution in [0.25, 0.3) is 11.5 Å². The van der Waals surface area contributed by atoms with E-state index in [1.54, 1.807) is 11.3 Å². The van der Waals surface area contributed by atoms with Crippen LogP contribution in [0.15, 0.2) is 28.1 Å². The molecular weight excluding hydrogens is 281 g/mol. The maximum absolute atomic E-state index is 13.2. The van der Waals surface area contributed by atoms with Gasteiger partial charge in [-0.15, -0.1) is 11.3 Å². The number of nitrogens with zero attached hydrogens (tertiary/aromatic N) is 3. The summed E-state index contributed by atoms with van der Waals surface area (Å²) in [6.45, 7) is 1.92. The standard InChI is InChI=1S/C13H10FN3O2S/c1-7-15-9(6-20-7)5-12-16-13(19-17-12)10-4-8(14)2-3-11(10)18/h2-4,6,18H,5H2,1H3. The van der Waals surface area contributed by atoms with Crippen LogP contribution < -0.4 is 0 Å². The normalized spacial score (nSPS) is 10.9. The molecule has 0 atom stereocenters. The zero-order chi connectivity index (χ0) is 14.1. The van der Waals surface area contributed by atoms with Crippen LogP contribution in [-0.2, 0) is 6.42 Å². The zero-order valence-electron chi connectivity index (χ0n) is 10.5. The summed E-state index contributed by atoms with van der Waals surface area (Å²) in [5.74, 6) is -0.0586. The fourth-order valence-corrected chi connectivity index (χ4v) is 2.38. The summed E-state index contributed by atoms with van der Waals surface area (Å²) in [6, 6.07) is 3.56. The Balaban J connectivity index is 1.88. The number of phenolic OH excluding ortho intramolecular Hbond substituents is 1. The lowest BCUT2D eigenvalue weighted by atomic mass is 10.2. The van der Waals surface area contributed by atoms with Crippen molar-refractivity contribution < 1.29 is 14.0 Å². The molecule has 0 aliphatic heterocycles. The van der Waals surface area contributed by atoms with Crippen LogP contribution >= 0.6 is 11.3 Å². The van der Waals surface area contributed by atoms with Crippen molar-refractivity contribution in [2.45, 2.75) is 13.3 Å². The van der Waals surface area contributed by atoms with E-state index in [4.69, 9.17) is 4.52 Å². The van der Waals surface area contributed by atoms with E-state index in [2.05, 4.69) is 15.1 Å². The van der Waals surface area contributed by atoms with Crippen molar-refractivity contribution in [2.24, 2.45) is 0 Å². The van der Waals surface area contributed by atoms with Crippen LogP contribution in [0.2, 0.25) is 0 Å². The van der Waals surface area contributed by atoms with Crippen molar-refractivity contribution in [3.63, 3.8) is 0 Å². The fraction of sp³-hybridized carbons (Fsp3) is 0.154. The van der Waals surface area contributed by atoms with Crippen molar-refractivity contribution in [2.75, 3.05) is 0 Å². The van der Waals surface area contributed by atoms with Gasteiger partial charge >= 0.3 is 0 Å². The highest BCUT2D eigenvalue weighted by molar-refractivity contribution is 7.09. The van der Waals surface area contributed by atoms with Gasteiger partial charge in [-0.1, -0.05) is 5.16 Å². The minimum absolute atomic E-state index is 0.0870. The first-order valence-electron chi connectivity index (χ1n) is 5.84. The third-order valence-corrected chi connectivity index (χ3v) is 3.49. The Bertz CT molecular complexity index is 754. The van der Waals surface area contributed by atoms with E-state index in [-0.39, 0.29) is 17.2 Å². The van der Waals surface area contributed by atoms with Crippen molar-refractivity contribution >= 4 is 11.3 Å². The second-order valence-electron chi connectivity index (χ2n) is 4.21. The number of phenols is 1. The monoisotopic (exact) mass is 291 g/mol. The van der Waals surface area contributed by atoms with Gasteiger partial charge in [0.25, 0.3) is 5.89 Å². The quantitative estimate of drug-likeness (QED) is 0.803. The van der Waals surface area contributed by atoms with Crippen molar-refractivity contribution in [3.8, 4) is 17.2 Å².